The number of carbonyl (C=O) groups is 2. The molecular weight excluding hydrogens is 330 g/mol. The van der Waals surface area contributed by atoms with Gasteiger partial charge in [-0.2, -0.15) is 0 Å². The molecule has 0 aromatic carbocycles. The third-order valence-electron chi connectivity index (χ3n) is 4.80. The number of amides is 1. The van der Waals surface area contributed by atoms with Crippen LogP contribution in [0.2, 0.25) is 0 Å². The molecule has 26 heavy (non-hydrogen) atoms. The number of carbonyl (C=O) groups excluding carboxylic acids is 2. The van der Waals surface area contributed by atoms with Crippen molar-refractivity contribution in [3.8, 4) is 0 Å². The highest BCUT2D eigenvalue weighted by Crippen LogP contribution is 2.40. The van der Waals surface area contributed by atoms with Crippen molar-refractivity contribution in [3.05, 3.63) is 41.4 Å². The Balaban J connectivity index is 2.43. The summed E-state index contributed by atoms with van der Waals surface area (Å²) in [6.07, 6.45) is 3.27. The highest BCUT2D eigenvalue weighted by Gasteiger charge is 2.45. The summed E-state index contributed by atoms with van der Waals surface area (Å²) in [5.74, 6) is -1.12. The first-order valence-electron chi connectivity index (χ1n) is 9.13. The van der Waals surface area contributed by atoms with Crippen molar-refractivity contribution in [1.82, 2.24) is 14.8 Å². The zero-order valence-corrected chi connectivity index (χ0v) is 16.3. The number of pyridine rings is 1. The number of rotatable bonds is 7. The molecule has 0 spiro atoms. The van der Waals surface area contributed by atoms with Crippen LogP contribution in [0.5, 0.6) is 0 Å². The molecule has 1 aromatic rings. The van der Waals surface area contributed by atoms with Gasteiger partial charge in [-0.15, -0.1) is 0 Å². The molecule has 1 aliphatic heterocycles. The normalized spacial score (nSPS) is 18.2. The highest BCUT2D eigenvalue weighted by molar-refractivity contribution is 6.10. The van der Waals surface area contributed by atoms with Gasteiger partial charge >= 0.3 is 0 Å². The van der Waals surface area contributed by atoms with Crippen molar-refractivity contribution in [3.63, 3.8) is 0 Å². The van der Waals surface area contributed by atoms with Crippen molar-refractivity contribution in [2.75, 3.05) is 26.2 Å². The minimum absolute atomic E-state index is 0.188. The second kappa shape index (κ2) is 7.99. The van der Waals surface area contributed by atoms with Crippen molar-refractivity contribution in [1.29, 1.82) is 0 Å². The van der Waals surface area contributed by atoms with E-state index in [9.17, 15) is 14.7 Å². The molecule has 0 radical (unpaired) electrons. The standard InChI is InChI=1S/C20H29N3O3/c1-6-22(7-2)12-13-23-16(14-8-10-21-11-9-14)15(17(24)19(23)26)18(25)20(3,4)5/h8-11,16,24H,6-7,12-13H2,1-5H3. The number of aliphatic hydroxyl groups is 1. The van der Waals surface area contributed by atoms with Crippen LogP contribution in [0.1, 0.15) is 46.2 Å². The number of Topliss-reactive ketones (excluding diaryl/α,β-unsaturated/α-hetero) is 1. The monoisotopic (exact) mass is 359 g/mol. The zero-order chi connectivity index (χ0) is 19.5. The lowest BCUT2D eigenvalue weighted by Gasteiger charge is -2.30. The first-order valence-corrected chi connectivity index (χ1v) is 9.13. The molecule has 0 saturated carbocycles. The van der Waals surface area contributed by atoms with Crippen LogP contribution in [-0.4, -0.2) is 57.8 Å². The third-order valence-corrected chi connectivity index (χ3v) is 4.80. The molecule has 1 aliphatic rings. The summed E-state index contributed by atoms with van der Waals surface area (Å²) in [4.78, 5) is 33.6. The fourth-order valence-electron chi connectivity index (χ4n) is 3.20. The Morgan fingerprint density at radius 1 is 1.23 bits per heavy atom. The van der Waals surface area contributed by atoms with E-state index in [4.69, 9.17) is 0 Å². The van der Waals surface area contributed by atoms with Crippen molar-refractivity contribution >= 4 is 11.7 Å². The lowest BCUT2D eigenvalue weighted by Crippen LogP contribution is -2.39. The molecule has 6 nitrogen and oxygen atoms in total. The van der Waals surface area contributed by atoms with E-state index < -0.39 is 23.1 Å². The van der Waals surface area contributed by atoms with Gasteiger partial charge in [-0.1, -0.05) is 34.6 Å². The SMILES string of the molecule is CCN(CC)CCN1C(=O)C(O)=C(C(=O)C(C)(C)C)C1c1ccncc1. The number of ketones is 1. The lowest BCUT2D eigenvalue weighted by atomic mass is 9.82. The number of aromatic nitrogens is 1. The van der Waals surface area contributed by atoms with Crippen LogP contribution in [-0.2, 0) is 9.59 Å². The Bertz CT molecular complexity index is 688. The Morgan fingerprint density at radius 3 is 2.31 bits per heavy atom. The lowest BCUT2D eigenvalue weighted by molar-refractivity contribution is -0.129. The van der Waals surface area contributed by atoms with E-state index in [-0.39, 0.29) is 11.4 Å². The molecule has 0 aliphatic carbocycles. The minimum Gasteiger partial charge on any atom is -0.503 e. The maximum absolute atomic E-state index is 13.0. The molecule has 0 bridgehead atoms. The van der Waals surface area contributed by atoms with Crippen LogP contribution >= 0.6 is 0 Å². The molecule has 1 atom stereocenters. The van der Waals surface area contributed by atoms with Gasteiger partial charge in [-0.25, -0.2) is 0 Å². The molecule has 0 fully saturated rings. The van der Waals surface area contributed by atoms with E-state index in [1.807, 2.05) is 0 Å². The van der Waals surface area contributed by atoms with Gasteiger partial charge in [-0.3, -0.25) is 14.6 Å². The Labute approximate surface area is 155 Å². The maximum atomic E-state index is 13.0. The van der Waals surface area contributed by atoms with Gasteiger partial charge in [0.15, 0.2) is 11.5 Å². The first-order chi connectivity index (χ1) is 12.2. The van der Waals surface area contributed by atoms with Crippen LogP contribution in [0.25, 0.3) is 0 Å². The number of aliphatic hydroxyl groups excluding tert-OH is 1. The first kappa shape index (κ1) is 20.1. The van der Waals surface area contributed by atoms with Crippen molar-refractivity contribution < 1.29 is 14.7 Å². The van der Waals surface area contributed by atoms with Gasteiger partial charge in [0.05, 0.1) is 11.6 Å². The molecule has 1 aromatic heterocycles. The molecule has 1 amide bonds. The smallest absolute Gasteiger partial charge is 0.290 e. The molecule has 0 saturated heterocycles. The molecular formula is C20H29N3O3. The second-order valence-corrected chi connectivity index (χ2v) is 7.55. The second-order valence-electron chi connectivity index (χ2n) is 7.55. The van der Waals surface area contributed by atoms with E-state index in [0.29, 0.717) is 13.1 Å². The average Bonchev–Trinajstić information content (AvgIpc) is 2.86. The van der Waals surface area contributed by atoms with E-state index in [1.54, 1.807) is 50.2 Å². The Kier molecular flexibility index (Phi) is 6.18. The molecule has 1 N–H and O–H groups in total. The fraction of sp³-hybridized carbons (Fsp3) is 0.550. The van der Waals surface area contributed by atoms with Crippen LogP contribution in [0, 0.1) is 5.41 Å². The average molecular weight is 359 g/mol. The van der Waals surface area contributed by atoms with Crippen molar-refractivity contribution in [2.24, 2.45) is 5.41 Å². The topological polar surface area (TPSA) is 73.7 Å². The van der Waals surface area contributed by atoms with Gasteiger partial charge < -0.3 is 14.9 Å². The summed E-state index contributed by atoms with van der Waals surface area (Å²) < 4.78 is 0. The minimum atomic E-state index is -0.691. The summed E-state index contributed by atoms with van der Waals surface area (Å²) in [6, 6.07) is 3.00. The number of likely N-dealkylation sites (N-methyl/N-ethyl adjacent to an activating group) is 1. The predicted octanol–water partition coefficient (Wildman–Crippen LogP) is 2.73. The molecule has 2 rings (SSSR count). The molecule has 6 heteroatoms. The van der Waals surface area contributed by atoms with E-state index in [0.717, 1.165) is 18.7 Å². The summed E-state index contributed by atoms with van der Waals surface area (Å²) in [5, 5.41) is 10.5. The summed E-state index contributed by atoms with van der Waals surface area (Å²) in [7, 11) is 0. The van der Waals surface area contributed by atoms with Gasteiger partial charge in [-0.05, 0) is 30.8 Å². The van der Waals surface area contributed by atoms with Gasteiger partial charge in [0, 0.05) is 30.9 Å². The van der Waals surface area contributed by atoms with Gasteiger partial charge in [0.25, 0.3) is 5.91 Å². The Hall–Kier alpha value is -2.21. The van der Waals surface area contributed by atoms with Crippen LogP contribution in [0.3, 0.4) is 0 Å². The summed E-state index contributed by atoms with van der Waals surface area (Å²) in [5.41, 5.74) is 0.279. The predicted molar refractivity (Wildman–Crippen MR) is 101 cm³/mol. The quantitative estimate of drug-likeness (QED) is 0.810. The third kappa shape index (κ3) is 3.96. The highest BCUT2D eigenvalue weighted by atomic mass is 16.3. The van der Waals surface area contributed by atoms with E-state index >= 15 is 0 Å². The molecule has 142 valence electrons. The summed E-state index contributed by atoms with van der Waals surface area (Å²) in [6.45, 7) is 12.4. The molecule has 2 heterocycles. The number of nitrogens with zero attached hydrogens (tertiary/aromatic N) is 3. The van der Waals surface area contributed by atoms with Gasteiger partial charge in [0.1, 0.15) is 0 Å². The number of hydrogen-bond acceptors (Lipinski definition) is 5. The number of hydrogen-bond donors (Lipinski definition) is 1. The van der Waals surface area contributed by atoms with Crippen LogP contribution in [0.15, 0.2) is 35.9 Å². The van der Waals surface area contributed by atoms with Crippen molar-refractivity contribution in [2.45, 2.75) is 40.7 Å². The van der Waals surface area contributed by atoms with E-state index in [2.05, 4.69) is 23.7 Å². The largest absolute Gasteiger partial charge is 0.503 e. The van der Waals surface area contributed by atoms with Crippen LogP contribution in [0.4, 0.5) is 0 Å². The summed E-state index contributed by atoms with van der Waals surface area (Å²) >= 11 is 0. The zero-order valence-electron chi connectivity index (χ0n) is 16.3. The fourth-order valence-corrected chi connectivity index (χ4v) is 3.20. The van der Waals surface area contributed by atoms with Crippen LogP contribution < -0.4 is 0 Å². The van der Waals surface area contributed by atoms with E-state index in [1.165, 1.54) is 0 Å². The maximum Gasteiger partial charge on any atom is 0.290 e. The van der Waals surface area contributed by atoms with Gasteiger partial charge in [0.2, 0.25) is 0 Å². The Morgan fingerprint density at radius 2 is 1.81 bits per heavy atom. The molecule has 1 unspecified atom stereocenters.